The molecular weight excluding hydrogens is 1710 g/mol. The summed E-state index contributed by atoms with van der Waals surface area (Å²) in [5.41, 5.74) is 54.9. The average Bonchev–Trinajstić information content (AvgIpc) is 0.855. The molecule has 0 bridgehead atoms. The van der Waals surface area contributed by atoms with Crippen molar-refractivity contribution in [3.8, 4) is 0 Å². The molecule has 136 heavy (non-hydrogen) atoms. The van der Waals surface area contributed by atoms with Gasteiger partial charge in [-0.1, -0.05) is 270 Å². The van der Waals surface area contributed by atoms with Crippen LogP contribution < -0.4 is 0 Å². The Bertz CT molecular complexity index is 6090. The Labute approximate surface area is 840 Å². The first-order chi connectivity index (χ1) is 64.5. The third kappa shape index (κ3) is 34.9. The number of hydrogen-bond donors (Lipinski definition) is 0. The van der Waals surface area contributed by atoms with Crippen molar-refractivity contribution in [1.82, 2.24) is 0 Å². The SMILES string of the molecule is Cc1cc(C)cc(Cc2ccc(C)c(C)c2)c1.Cc1cc(C)cc(Sc2ccc(C)c(C)c2)c1.Cc1ccc(C)c(Cc2ccc(C)c(C)c2)c1.Cc1ccc(C)c(Sc2ccc(C)c(C)c2)c1.Cc1ccc(Cc2ccc(C)c(C)c2)cc1C.Cc1ccc(Cc2cccc(C)c2C)cc1C.Cc1ccc(Sc2ccc(C)c(C)c2)cc1C.Cc1ccc(Sc2cccc(C)c2C)cc1C. The molecule has 0 spiro atoms. The van der Waals surface area contributed by atoms with Crippen LogP contribution >= 0.6 is 47.0 Å². The summed E-state index contributed by atoms with van der Waals surface area (Å²) in [5.74, 6) is 0. The number of benzene rings is 16. The molecule has 0 aliphatic rings. The van der Waals surface area contributed by atoms with Gasteiger partial charge in [0.05, 0.1) is 0 Å². The molecule has 0 amide bonds. The minimum absolute atomic E-state index is 1.03. The molecule has 16 aromatic carbocycles. The summed E-state index contributed by atoms with van der Waals surface area (Å²) in [7, 11) is 0. The maximum absolute atomic E-state index is 2.30. The summed E-state index contributed by atoms with van der Waals surface area (Å²) < 4.78 is 0. The highest BCUT2D eigenvalue weighted by Crippen LogP contribution is 2.37. The molecule has 4 heteroatoms. The molecule has 704 valence electrons. The van der Waals surface area contributed by atoms with E-state index in [4.69, 9.17) is 0 Å². The Balaban J connectivity index is 0.000000174. The molecule has 0 unspecified atom stereocenters. The van der Waals surface area contributed by atoms with E-state index in [0.717, 1.165) is 25.7 Å². The summed E-state index contributed by atoms with van der Waals surface area (Å²) >= 11 is 7.37. The normalized spacial score (nSPS) is 10.6. The van der Waals surface area contributed by atoms with Gasteiger partial charge in [-0.15, -0.1) is 0 Å². The van der Waals surface area contributed by atoms with Crippen LogP contribution in [0.2, 0.25) is 0 Å². The predicted molar refractivity (Wildman–Crippen MR) is 602 cm³/mol. The quantitative estimate of drug-likeness (QED) is 0.0945. The van der Waals surface area contributed by atoms with Crippen molar-refractivity contribution in [3.05, 3.63) is 514 Å². The standard InChI is InChI=1S/4C17H20.4C16H18S/c1-12-5-7-16(9-14(12)3)11-17-8-6-13(2)15(4)10-17;1-12-7-13(2)9-17(8-12)11-16-6-5-14(3)15(4)10-16;1-12-5-6-14(3)17(9-12)11-16-8-7-13(2)15(4)10-16;1-12-8-9-16(10-14(12)3)11-17-7-5-6-13(2)15(17)4;1-11-5-7-15(9-13(11)3)17-16-8-6-12(2)14(4)10-16;1-11-7-12(2)9-16(8-11)17-15-6-5-13(3)14(4)10-15;1-11-5-6-13(3)16(9-11)17-15-8-7-12(2)14(4)10-15;1-11-8-9-15(10-13(11)3)17-16-7-5-6-12(2)14(16)4/h4*5-10H,11H2,1-4H3;4*5-10H,1-4H3. The summed E-state index contributed by atoms with van der Waals surface area (Å²) in [6, 6.07) is 107. The van der Waals surface area contributed by atoms with Crippen LogP contribution in [0.25, 0.3) is 0 Å². The van der Waals surface area contributed by atoms with Crippen LogP contribution in [-0.4, -0.2) is 0 Å². The van der Waals surface area contributed by atoms with Gasteiger partial charge >= 0.3 is 0 Å². The van der Waals surface area contributed by atoms with Gasteiger partial charge in [-0.25, -0.2) is 0 Å². The van der Waals surface area contributed by atoms with E-state index in [2.05, 4.69) is 513 Å². The van der Waals surface area contributed by atoms with Crippen molar-refractivity contribution >= 4 is 47.0 Å². The van der Waals surface area contributed by atoms with Gasteiger partial charge in [-0.05, 0) is 538 Å². The largest absolute Gasteiger partial charge is 0.0901 e. The van der Waals surface area contributed by atoms with Gasteiger partial charge in [0.15, 0.2) is 0 Å². The highest BCUT2D eigenvalue weighted by Gasteiger charge is 2.12. The van der Waals surface area contributed by atoms with Gasteiger partial charge in [0, 0.05) is 39.2 Å². The van der Waals surface area contributed by atoms with Gasteiger partial charge in [0.1, 0.15) is 0 Å². The van der Waals surface area contributed by atoms with Crippen molar-refractivity contribution in [3.63, 3.8) is 0 Å². The van der Waals surface area contributed by atoms with E-state index in [-0.39, 0.29) is 0 Å². The fourth-order valence-corrected chi connectivity index (χ4v) is 20.0. The van der Waals surface area contributed by atoms with Gasteiger partial charge in [0.25, 0.3) is 0 Å². The lowest BCUT2D eigenvalue weighted by Crippen LogP contribution is -1.95. The van der Waals surface area contributed by atoms with E-state index in [1.54, 1.807) is 0 Å². The van der Waals surface area contributed by atoms with E-state index < -0.39 is 0 Å². The zero-order valence-corrected chi connectivity index (χ0v) is 91.4. The maximum atomic E-state index is 2.30. The Morgan fingerprint density at radius 1 is 0.132 bits per heavy atom. The fourth-order valence-electron chi connectivity index (χ4n) is 15.7. The van der Waals surface area contributed by atoms with Crippen molar-refractivity contribution in [1.29, 1.82) is 0 Å². The van der Waals surface area contributed by atoms with Crippen LogP contribution in [-0.2, 0) is 25.7 Å². The molecule has 0 atom stereocenters. The highest BCUT2D eigenvalue weighted by molar-refractivity contribution is 8.00. The first kappa shape index (κ1) is 109. The van der Waals surface area contributed by atoms with Crippen molar-refractivity contribution in [2.45, 2.75) is 286 Å². The summed E-state index contributed by atoms with van der Waals surface area (Å²) in [6.45, 7) is 69.4. The Morgan fingerprint density at radius 2 is 0.397 bits per heavy atom. The van der Waals surface area contributed by atoms with E-state index >= 15 is 0 Å². The Hall–Kier alpha value is -11.1. The first-order valence-electron chi connectivity index (χ1n) is 48.3. The maximum Gasteiger partial charge on any atom is 0.0154 e. The molecule has 0 aromatic heterocycles. The Morgan fingerprint density at radius 3 is 0.750 bits per heavy atom. The minimum Gasteiger partial charge on any atom is -0.0901 e. The lowest BCUT2D eigenvalue weighted by Gasteiger charge is -2.10. The number of rotatable bonds is 16. The molecular formula is C132H152S4. The highest BCUT2D eigenvalue weighted by atomic mass is 32.2. The van der Waals surface area contributed by atoms with Gasteiger partial charge in [-0.2, -0.15) is 0 Å². The molecule has 0 nitrogen and oxygen atoms in total. The molecule has 0 aliphatic carbocycles. The Kier molecular flexibility index (Phi) is 41.9. The molecule has 16 rings (SSSR count). The van der Waals surface area contributed by atoms with Crippen LogP contribution in [0.3, 0.4) is 0 Å². The molecule has 0 fully saturated rings. The predicted octanol–water partition coefficient (Wildman–Crippen LogP) is 38.3. The van der Waals surface area contributed by atoms with Crippen LogP contribution in [0.4, 0.5) is 0 Å². The summed E-state index contributed by atoms with van der Waals surface area (Å²) in [4.78, 5) is 10.6. The molecule has 0 heterocycles. The monoisotopic (exact) mass is 1870 g/mol. The van der Waals surface area contributed by atoms with Gasteiger partial charge in [0.2, 0.25) is 0 Å². The van der Waals surface area contributed by atoms with Crippen molar-refractivity contribution in [2.75, 3.05) is 0 Å². The zero-order chi connectivity index (χ0) is 99.3. The fraction of sp³-hybridized carbons (Fsp3) is 0.273. The average molecular weight is 1870 g/mol. The van der Waals surface area contributed by atoms with Crippen molar-refractivity contribution in [2.24, 2.45) is 0 Å². The van der Waals surface area contributed by atoms with Gasteiger partial charge < -0.3 is 0 Å². The van der Waals surface area contributed by atoms with Crippen LogP contribution in [0, 0.1) is 222 Å². The molecule has 0 radical (unpaired) electrons. The third-order valence-corrected chi connectivity index (χ3v) is 30.6. The zero-order valence-electron chi connectivity index (χ0n) is 88.2. The third-order valence-electron chi connectivity index (χ3n) is 26.4. The molecule has 0 saturated heterocycles. The second-order valence-electron chi connectivity index (χ2n) is 38.5. The second kappa shape index (κ2) is 52.5. The van der Waals surface area contributed by atoms with E-state index in [1.165, 1.54) is 262 Å². The second-order valence-corrected chi connectivity index (χ2v) is 43.0. The summed E-state index contributed by atoms with van der Waals surface area (Å²) in [5, 5.41) is 0. The van der Waals surface area contributed by atoms with E-state index in [1.807, 2.05) is 47.0 Å². The summed E-state index contributed by atoms with van der Waals surface area (Å²) in [6.07, 6.45) is 4.13. The van der Waals surface area contributed by atoms with Crippen LogP contribution in [0.15, 0.2) is 330 Å². The minimum atomic E-state index is 1.03. The molecule has 0 saturated carbocycles. The number of hydrogen-bond acceptors (Lipinski definition) is 4. The first-order valence-corrected chi connectivity index (χ1v) is 51.5. The smallest absolute Gasteiger partial charge is 0.0154 e. The topological polar surface area (TPSA) is 0 Å². The molecule has 0 aliphatic heterocycles. The van der Waals surface area contributed by atoms with Crippen LogP contribution in [0.1, 0.15) is 223 Å². The van der Waals surface area contributed by atoms with Crippen LogP contribution in [0.5, 0.6) is 0 Å². The van der Waals surface area contributed by atoms with Crippen molar-refractivity contribution < 1.29 is 0 Å². The molecule has 0 N–H and O–H groups in total. The lowest BCUT2D eigenvalue weighted by atomic mass is 9.96. The molecule has 16 aromatic rings. The lowest BCUT2D eigenvalue weighted by molar-refractivity contribution is 1.12. The van der Waals surface area contributed by atoms with E-state index in [9.17, 15) is 0 Å². The number of aryl methyl sites for hydroxylation is 30. The van der Waals surface area contributed by atoms with Gasteiger partial charge in [-0.3, -0.25) is 0 Å². The van der Waals surface area contributed by atoms with E-state index in [0.29, 0.717) is 0 Å².